The topological polar surface area (TPSA) is 108 Å². The van der Waals surface area contributed by atoms with Crippen LogP contribution in [0.25, 0.3) is 0 Å². The van der Waals surface area contributed by atoms with Gasteiger partial charge in [0, 0.05) is 31.9 Å². The summed E-state index contributed by atoms with van der Waals surface area (Å²) in [6.45, 7) is 5.09. The van der Waals surface area contributed by atoms with Crippen molar-refractivity contribution >= 4 is 17.8 Å². The van der Waals surface area contributed by atoms with Crippen LogP contribution in [-0.4, -0.2) is 44.8 Å². The molecule has 2 aromatic rings. The van der Waals surface area contributed by atoms with E-state index in [1.807, 2.05) is 13.8 Å². The van der Waals surface area contributed by atoms with Gasteiger partial charge in [0.2, 0.25) is 5.88 Å². The van der Waals surface area contributed by atoms with E-state index in [-0.39, 0.29) is 11.5 Å². The Morgan fingerprint density at radius 1 is 1.24 bits per heavy atom. The molecule has 0 aliphatic heterocycles. The van der Waals surface area contributed by atoms with Gasteiger partial charge in [-0.15, -0.1) is 0 Å². The fourth-order valence-corrected chi connectivity index (χ4v) is 2.27. The minimum Gasteiger partial charge on any atom is -0.494 e. The van der Waals surface area contributed by atoms with Crippen LogP contribution in [0.5, 0.6) is 5.88 Å². The maximum atomic E-state index is 12.2. The number of amides is 1. The van der Waals surface area contributed by atoms with Gasteiger partial charge in [-0.3, -0.25) is 24.1 Å². The smallest absolute Gasteiger partial charge is 0.330 e. The Bertz CT molecular complexity index is 906. The van der Waals surface area contributed by atoms with Gasteiger partial charge in [0.1, 0.15) is 5.56 Å². The van der Waals surface area contributed by atoms with Crippen LogP contribution in [0.2, 0.25) is 0 Å². The molecule has 8 nitrogen and oxygen atoms in total. The van der Waals surface area contributed by atoms with Crippen LogP contribution in [0.4, 0.5) is 5.69 Å². The molecule has 0 atom stereocenters. The maximum absolute atomic E-state index is 12.2. The molecule has 2 rings (SSSR count). The number of nitrogens with one attached hydrogen (secondary N) is 1. The largest absolute Gasteiger partial charge is 0.494 e. The van der Waals surface area contributed by atoms with Crippen molar-refractivity contribution in [1.29, 1.82) is 0 Å². The van der Waals surface area contributed by atoms with E-state index in [0.29, 0.717) is 24.3 Å². The first kappa shape index (κ1) is 18.2. The highest BCUT2D eigenvalue weighted by molar-refractivity contribution is 5.94. The van der Waals surface area contributed by atoms with Crippen molar-refractivity contribution < 1.29 is 9.90 Å². The molecule has 132 valence electrons. The molecule has 0 saturated heterocycles. The van der Waals surface area contributed by atoms with Crippen molar-refractivity contribution in [2.75, 3.05) is 13.1 Å². The van der Waals surface area contributed by atoms with Crippen molar-refractivity contribution in [2.45, 2.75) is 13.8 Å². The Hall–Kier alpha value is -3.16. The normalized spacial score (nSPS) is 11.0. The first-order valence-electron chi connectivity index (χ1n) is 7.84. The Kier molecular flexibility index (Phi) is 5.53. The molecule has 8 heteroatoms. The Labute approximate surface area is 144 Å². The van der Waals surface area contributed by atoms with E-state index >= 15 is 0 Å². The molecule has 1 aromatic carbocycles. The number of aromatic amines is 1. The van der Waals surface area contributed by atoms with Crippen LogP contribution in [-0.2, 0) is 7.05 Å². The Balaban J connectivity index is 2.27. The van der Waals surface area contributed by atoms with E-state index in [1.54, 1.807) is 29.2 Å². The predicted octanol–water partition coefficient (Wildman–Crippen LogP) is 1.01. The van der Waals surface area contributed by atoms with E-state index < -0.39 is 17.1 Å². The molecular formula is C17H20N4O4. The Morgan fingerprint density at radius 3 is 2.40 bits per heavy atom. The second-order valence-corrected chi connectivity index (χ2v) is 5.34. The van der Waals surface area contributed by atoms with Gasteiger partial charge in [-0.05, 0) is 38.1 Å². The second kappa shape index (κ2) is 7.61. The lowest BCUT2D eigenvalue weighted by molar-refractivity contribution is 0.0773. The van der Waals surface area contributed by atoms with Crippen LogP contribution < -0.4 is 11.2 Å². The molecular weight excluding hydrogens is 324 g/mol. The van der Waals surface area contributed by atoms with Crippen LogP contribution in [0, 0.1) is 0 Å². The molecule has 0 aliphatic rings. The summed E-state index contributed by atoms with van der Waals surface area (Å²) in [5, 5.41) is 9.87. The van der Waals surface area contributed by atoms with Gasteiger partial charge in [0.05, 0.1) is 5.69 Å². The molecule has 0 bridgehead atoms. The summed E-state index contributed by atoms with van der Waals surface area (Å²) in [5.74, 6) is -0.529. The van der Waals surface area contributed by atoms with E-state index in [2.05, 4.69) is 9.98 Å². The summed E-state index contributed by atoms with van der Waals surface area (Å²) in [4.78, 5) is 43.2. The van der Waals surface area contributed by atoms with Crippen molar-refractivity contribution in [3.05, 3.63) is 56.2 Å². The summed E-state index contributed by atoms with van der Waals surface area (Å²) in [7, 11) is 1.33. The molecule has 1 aromatic heterocycles. The SMILES string of the molecule is CCN(CC)C(=O)c1ccc(N=Cc2c(O)n(C)c(=O)[nH]c2=O)cc1. The van der Waals surface area contributed by atoms with Crippen LogP contribution >= 0.6 is 0 Å². The van der Waals surface area contributed by atoms with Crippen molar-refractivity contribution in [3.63, 3.8) is 0 Å². The standard InChI is InChI=1S/C17H20N4O4/c1-4-21(5-2)15(23)11-6-8-12(9-7-11)18-10-13-14(22)19-17(25)20(3)16(13)24/h6-10,24H,4-5H2,1-3H3,(H,19,22,25). The van der Waals surface area contributed by atoms with E-state index in [0.717, 1.165) is 4.57 Å². The van der Waals surface area contributed by atoms with E-state index in [1.165, 1.54) is 13.3 Å². The van der Waals surface area contributed by atoms with Gasteiger partial charge in [0.15, 0.2) is 0 Å². The average Bonchev–Trinajstić information content (AvgIpc) is 2.61. The molecule has 0 unspecified atom stereocenters. The molecule has 0 saturated carbocycles. The summed E-state index contributed by atoms with van der Waals surface area (Å²) < 4.78 is 0.911. The molecule has 0 aliphatic carbocycles. The van der Waals surface area contributed by atoms with Gasteiger partial charge in [-0.25, -0.2) is 4.79 Å². The number of aromatic hydroxyl groups is 1. The van der Waals surface area contributed by atoms with Gasteiger partial charge in [-0.1, -0.05) is 0 Å². The number of hydrogen-bond donors (Lipinski definition) is 2. The molecule has 1 heterocycles. The number of aliphatic imine (C=N–C) groups is 1. The number of aromatic nitrogens is 2. The summed E-state index contributed by atoms with van der Waals surface area (Å²) in [6, 6.07) is 6.58. The number of rotatable bonds is 5. The molecule has 1 amide bonds. The Morgan fingerprint density at radius 2 is 1.84 bits per heavy atom. The number of carbonyl (C=O) groups excluding carboxylic acids is 1. The fraction of sp³-hybridized carbons (Fsp3) is 0.294. The number of hydrogen-bond acceptors (Lipinski definition) is 5. The lowest BCUT2D eigenvalue weighted by Gasteiger charge is -2.18. The van der Waals surface area contributed by atoms with E-state index in [9.17, 15) is 19.5 Å². The molecule has 0 fully saturated rings. The second-order valence-electron chi connectivity index (χ2n) is 5.34. The number of carbonyl (C=O) groups is 1. The van der Waals surface area contributed by atoms with Gasteiger partial charge < -0.3 is 10.0 Å². The minimum atomic E-state index is -0.724. The zero-order valence-corrected chi connectivity index (χ0v) is 14.3. The van der Waals surface area contributed by atoms with Gasteiger partial charge in [0.25, 0.3) is 11.5 Å². The number of benzene rings is 1. The first-order chi connectivity index (χ1) is 11.9. The predicted molar refractivity (Wildman–Crippen MR) is 94.9 cm³/mol. The third-order valence-corrected chi connectivity index (χ3v) is 3.84. The van der Waals surface area contributed by atoms with Crippen molar-refractivity contribution in [3.8, 4) is 5.88 Å². The first-order valence-corrected chi connectivity index (χ1v) is 7.84. The lowest BCUT2D eigenvalue weighted by Crippen LogP contribution is -2.30. The van der Waals surface area contributed by atoms with Gasteiger partial charge >= 0.3 is 5.69 Å². The highest BCUT2D eigenvalue weighted by Crippen LogP contribution is 2.15. The summed E-state index contributed by atoms with van der Waals surface area (Å²) in [5.41, 5.74) is -0.504. The number of nitrogens with zero attached hydrogens (tertiary/aromatic N) is 3. The average molecular weight is 344 g/mol. The van der Waals surface area contributed by atoms with Gasteiger partial charge in [-0.2, -0.15) is 0 Å². The minimum absolute atomic E-state index is 0.0623. The quantitative estimate of drug-likeness (QED) is 0.789. The van der Waals surface area contributed by atoms with E-state index in [4.69, 9.17) is 0 Å². The highest BCUT2D eigenvalue weighted by Gasteiger charge is 2.12. The molecule has 25 heavy (non-hydrogen) atoms. The van der Waals surface area contributed by atoms with Crippen LogP contribution in [0.1, 0.15) is 29.8 Å². The third-order valence-electron chi connectivity index (χ3n) is 3.84. The molecule has 0 radical (unpaired) electrons. The summed E-state index contributed by atoms with van der Waals surface area (Å²) >= 11 is 0. The number of H-pyrrole nitrogens is 1. The zero-order chi connectivity index (χ0) is 18.6. The lowest BCUT2D eigenvalue weighted by atomic mass is 10.2. The van der Waals surface area contributed by atoms with Crippen LogP contribution in [0.15, 0.2) is 38.8 Å². The molecule has 0 spiro atoms. The zero-order valence-electron chi connectivity index (χ0n) is 14.3. The fourth-order valence-electron chi connectivity index (χ4n) is 2.27. The molecule has 2 N–H and O–H groups in total. The van der Waals surface area contributed by atoms with Crippen molar-refractivity contribution in [1.82, 2.24) is 14.5 Å². The van der Waals surface area contributed by atoms with Crippen molar-refractivity contribution in [2.24, 2.45) is 12.0 Å². The maximum Gasteiger partial charge on any atom is 0.330 e. The monoisotopic (exact) mass is 344 g/mol. The van der Waals surface area contributed by atoms with Crippen LogP contribution in [0.3, 0.4) is 0 Å². The third kappa shape index (κ3) is 3.85. The highest BCUT2D eigenvalue weighted by atomic mass is 16.3. The summed E-state index contributed by atoms with van der Waals surface area (Å²) in [6.07, 6.45) is 1.18.